The van der Waals surface area contributed by atoms with Crippen LogP contribution in [0.2, 0.25) is 0 Å². The smallest absolute Gasteiger partial charge is 0.224 e. The molecule has 1 aliphatic rings. The Labute approximate surface area is 192 Å². The Bertz CT molecular complexity index is 1250. The minimum Gasteiger partial charge on any atom is -0.497 e. The zero-order valence-corrected chi connectivity index (χ0v) is 18.6. The van der Waals surface area contributed by atoms with Crippen LogP contribution in [0.5, 0.6) is 5.75 Å². The van der Waals surface area contributed by atoms with Gasteiger partial charge in [0, 0.05) is 30.1 Å². The average molecular weight is 443 g/mol. The number of ether oxygens (including phenoxy) is 2. The number of hydrogen-bond donors (Lipinski definition) is 0. The monoisotopic (exact) mass is 442 g/mol. The van der Waals surface area contributed by atoms with Gasteiger partial charge in [0.1, 0.15) is 11.9 Å². The number of rotatable bonds is 6. The summed E-state index contributed by atoms with van der Waals surface area (Å²) in [6.45, 7) is 2.16. The lowest BCUT2D eigenvalue weighted by atomic mass is 10.1. The van der Waals surface area contributed by atoms with E-state index < -0.39 is 0 Å². The van der Waals surface area contributed by atoms with E-state index in [1.807, 2.05) is 82.6 Å². The van der Waals surface area contributed by atoms with Crippen LogP contribution in [-0.4, -0.2) is 52.4 Å². The molecule has 7 nitrogen and oxygen atoms in total. The van der Waals surface area contributed by atoms with Crippen LogP contribution in [0, 0.1) is 0 Å². The summed E-state index contributed by atoms with van der Waals surface area (Å²) in [5.41, 5.74) is 3.93. The molecule has 1 unspecified atom stereocenters. The molecule has 33 heavy (non-hydrogen) atoms. The van der Waals surface area contributed by atoms with Gasteiger partial charge >= 0.3 is 0 Å². The number of benzene rings is 2. The molecule has 1 fully saturated rings. The SMILES string of the molecule is COc1cccc(-c2ccc(C3CN(C(=O)CCn4ncc5ccccc54)CCO3)nc2)c1. The molecule has 0 N–H and O–H groups in total. The van der Waals surface area contributed by atoms with Gasteiger partial charge in [-0.15, -0.1) is 0 Å². The van der Waals surface area contributed by atoms with E-state index in [-0.39, 0.29) is 12.0 Å². The molecule has 3 heterocycles. The van der Waals surface area contributed by atoms with Crippen molar-refractivity contribution >= 4 is 16.8 Å². The highest BCUT2D eigenvalue weighted by atomic mass is 16.5. The molecular weight excluding hydrogens is 416 g/mol. The van der Waals surface area contributed by atoms with Gasteiger partial charge in [0.05, 0.1) is 44.2 Å². The van der Waals surface area contributed by atoms with Gasteiger partial charge in [0.25, 0.3) is 0 Å². The maximum absolute atomic E-state index is 12.9. The van der Waals surface area contributed by atoms with Crippen molar-refractivity contribution in [2.45, 2.75) is 19.1 Å². The molecule has 0 bridgehead atoms. The van der Waals surface area contributed by atoms with E-state index in [4.69, 9.17) is 9.47 Å². The van der Waals surface area contributed by atoms with Gasteiger partial charge in [-0.3, -0.25) is 14.5 Å². The number of amides is 1. The molecule has 0 spiro atoms. The van der Waals surface area contributed by atoms with Crippen LogP contribution >= 0.6 is 0 Å². The highest BCUT2D eigenvalue weighted by molar-refractivity contribution is 5.79. The third-order valence-corrected chi connectivity index (χ3v) is 6.03. The standard InChI is InChI=1S/C26H26N4O3/c1-32-22-7-4-6-19(15-22)20-9-10-23(27-16-20)25-18-29(13-14-33-25)26(31)11-12-30-24-8-3-2-5-21(24)17-28-30/h2-10,15-17,25H,11-14,18H2,1H3. The van der Waals surface area contributed by atoms with Gasteiger partial charge in [0.15, 0.2) is 0 Å². The molecule has 4 aromatic rings. The third kappa shape index (κ3) is 4.59. The highest BCUT2D eigenvalue weighted by Crippen LogP contribution is 2.26. The minimum atomic E-state index is -0.229. The summed E-state index contributed by atoms with van der Waals surface area (Å²) in [5, 5.41) is 5.51. The van der Waals surface area contributed by atoms with Crippen LogP contribution in [0.25, 0.3) is 22.0 Å². The molecule has 0 radical (unpaired) electrons. The van der Waals surface area contributed by atoms with Crippen molar-refractivity contribution in [3.05, 3.63) is 78.8 Å². The van der Waals surface area contributed by atoms with Crippen LogP contribution in [0.15, 0.2) is 73.1 Å². The number of hydrogen-bond acceptors (Lipinski definition) is 5. The summed E-state index contributed by atoms with van der Waals surface area (Å²) >= 11 is 0. The second kappa shape index (κ2) is 9.42. The number of carbonyl (C=O) groups excluding carboxylic acids is 1. The van der Waals surface area contributed by atoms with E-state index in [2.05, 4.69) is 10.1 Å². The van der Waals surface area contributed by atoms with Crippen LogP contribution in [-0.2, 0) is 16.1 Å². The van der Waals surface area contributed by atoms with Crippen LogP contribution in [0.3, 0.4) is 0 Å². The van der Waals surface area contributed by atoms with Crippen molar-refractivity contribution in [2.75, 3.05) is 26.8 Å². The van der Waals surface area contributed by atoms with E-state index in [1.54, 1.807) is 7.11 Å². The molecule has 0 saturated carbocycles. The summed E-state index contributed by atoms with van der Waals surface area (Å²) in [5.74, 6) is 0.917. The number of para-hydroxylation sites is 1. The highest BCUT2D eigenvalue weighted by Gasteiger charge is 2.26. The Balaban J connectivity index is 1.22. The topological polar surface area (TPSA) is 69.5 Å². The van der Waals surface area contributed by atoms with Crippen molar-refractivity contribution in [1.29, 1.82) is 0 Å². The Hall–Kier alpha value is -3.71. The fourth-order valence-corrected chi connectivity index (χ4v) is 4.19. The number of nitrogens with zero attached hydrogens (tertiary/aromatic N) is 4. The molecule has 2 aromatic heterocycles. The van der Waals surface area contributed by atoms with E-state index in [0.29, 0.717) is 32.7 Å². The fraction of sp³-hybridized carbons (Fsp3) is 0.269. The number of carbonyl (C=O) groups is 1. The third-order valence-electron chi connectivity index (χ3n) is 6.03. The van der Waals surface area contributed by atoms with Gasteiger partial charge in [-0.05, 0) is 29.8 Å². The predicted octanol–water partition coefficient (Wildman–Crippen LogP) is 4.10. The zero-order valence-electron chi connectivity index (χ0n) is 18.6. The second-order valence-corrected chi connectivity index (χ2v) is 8.08. The largest absolute Gasteiger partial charge is 0.497 e. The number of methoxy groups -OCH3 is 1. The fourth-order valence-electron chi connectivity index (χ4n) is 4.19. The van der Waals surface area contributed by atoms with E-state index in [1.165, 1.54) is 0 Å². The minimum absolute atomic E-state index is 0.107. The average Bonchev–Trinajstić information content (AvgIpc) is 3.30. The van der Waals surface area contributed by atoms with Crippen molar-refractivity contribution in [3.8, 4) is 16.9 Å². The Morgan fingerprint density at radius 1 is 1.09 bits per heavy atom. The van der Waals surface area contributed by atoms with E-state index >= 15 is 0 Å². The molecule has 168 valence electrons. The van der Waals surface area contributed by atoms with Gasteiger partial charge in [0.2, 0.25) is 5.91 Å². The lowest BCUT2D eigenvalue weighted by Crippen LogP contribution is -2.42. The summed E-state index contributed by atoms with van der Waals surface area (Å²) in [6.07, 6.45) is 3.86. The normalized spacial score (nSPS) is 16.2. The number of pyridine rings is 1. The predicted molar refractivity (Wildman–Crippen MR) is 126 cm³/mol. The molecule has 1 aliphatic heterocycles. The van der Waals surface area contributed by atoms with Crippen LogP contribution in [0.1, 0.15) is 18.2 Å². The van der Waals surface area contributed by atoms with Crippen LogP contribution < -0.4 is 4.74 Å². The van der Waals surface area contributed by atoms with Gasteiger partial charge in [-0.2, -0.15) is 5.10 Å². The summed E-state index contributed by atoms with van der Waals surface area (Å²) in [6, 6.07) is 19.9. The molecule has 5 rings (SSSR count). The first-order valence-electron chi connectivity index (χ1n) is 11.1. The lowest BCUT2D eigenvalue weighted by Gasteiger charge is -2.32. The van der Waals surface area contributed by atoms with E-state index in [9.17, 15) is 4.79 Å². The molecule has 1 saturated heterocycles. The molecular formula is C26H26N4O3. The van der Waals surface area contributed by atoms with E-state index in [0.717, 1.165) is 33.5 Å². The number of fused-ring (bicyclic) bond motifs is 1. The molecule has 0 aliphatic carbocycles. The Kier molecular flexibility index (Phi) is 6.04. The first-order valence-corrected chi connectivity index (χ1v) is 11.1. The van der Waals surface area contributed by atoms with Crippen molar-refractivity contribution in [3.63, 3.8) is 0 Å². The molecule has 1 atom stereocenters. The van der Waals surface area contributed by atoms with Gasteiger partial charge in [-0.25, -0.2) is 0 Å². The first-order chi connectivity index (χ1) is 16.2. The van der Waals surface area contributed by atoms with Crippen molar-refractivity contribution in [2.24, 2.45) is 0 Å². The molecule has 2 aromatic carbocycles. The number of morpholine rings is 1. The molecule has 7 heteroatoms. The summed E-state index contributed by atoms with van der Waals surface area (Å²) in [7, 11) is 1.66. The summed E-state index contributed by atoms with van der Waals surface area (Å²) < 4.78 is 13.1. The Morgan fingerprint density at radius 3 is 2.85 bits per heavy atom. The second-order valence-electron chi connectivity index (χ2n) is 8.08. The first kappa shape index (κ1) is 21.2. The van der Waals surface area contributed by atoms with Crippen LogP contribution in [0.4, 0.5) is 0 Å². The Morgan fingerprint density at radius 2 is 2.00 bits per heavy atom. The van der Waals surface area contributed by atoms with Crippen molar-refractivity contribution < 1.29 is 14.3 Å². The zero-order chi connectivity index (χ0) is 22.6. The maximum Gasteiger partial charge on any atom is 0.224 e. The van der Waals surface area contributed by atoms with Crippen molar-refractivity contribution in [1.82, 2.24) is 19.7 Å². The number of aryl methyl sites for hydroxylation is 1. The molecule has 1 amide bonds. The lowest BCUT2D eigenvalue weighted by molar-refractivity contribution is -0.139. The quantitative estimate of drug-likeness (QED) is 0.450. The van der Waals surface area contributed by atoms with Gasteiger partial charge < -0.3 is 14.4 Å². The number of aromatic nitrogens is 3. The van der Waals surface area contributed by atoms with Gasteiger partial charge in [-0.1, -0.05) is 36.4 Å². The summed E-state index contributed by atoms with van der Waals surface area (Å²) in [4.78, 5) is 19.4. The maximum atomic E-state index is 12.9.